The van der Waals surface area contributed by atoms with Crippen molar-refractivity contribution in [2.75, 3.05) is 25.0 Å². The van der Waals surface area contributed by atoms with Crippen molar-refractivity contribution >= 4 is 45.5 Å². The van der Waals surface area contributed by atoms with Crippen molar-refractivity contribution in [3.05, 3.63) is 107 Å². The smallest absolute Gasteiger partial charge is 0.253 e. The maximum atomic E-state index is 14.7. The predicted molar refractivity (Wildman–Crippen MR) is 148 cm³/mol. The van der Waals surface area contributed by atoms with E-state index in [9.17, 15) is 9.18 Å². The molecule has 6 rings (SSSR count). The van der Waals surface area contributed by atoms with E-state index in [1.54, 1.807) is 53.7 Å². The van der Waals surface area contributed by atoms with Crippen LogP contribution in [0, 0.1) is 11.7 Å². The highest BCUT2D eigenvalue weighted by atomic mass is 35.5. The van der Waals surface area contributed by atoms with Gasteiger partial charge in [-0.25, -0.2) is 19.4 Å². The average Bonchev–Trinajstić information content (AvgIpc) is 3.07. The van der Waals surface area contributed by atoms with Crippen LogP contribution in [-0.4, -0.2) is 45.6 Å². The number of nitrogens with one attached hydrogen (secondary N) is 1. The third-order valence-electron chi connectivity index (χ3n) is 6.94. The number of fused-ring (bicyclic) bond motifs is 3. The van der Waals surface area contributed by atoms with E-state index in [1.807, 2.05) is 18.2 Å². The van der Waals surface area contributed by atoms with Gasteiger partial charge in [0.15, 0.2) is 0 Å². The number of anilines is 2. The average molecular weight is 527 g/mol. The van der Waals surface area contributed by atoms with Gasteiger partial charge in [-0.3, -0.25) is 4.79 Å². The second-order valence-electron chi connectivity index (χ2n) is 9.44. The van der Waals surface area contributed by atoms with Gasteiger partial charge >= 0.3 is 0 Å². The molecule has 0 saturated carbocycles. The Hall–Kier alpha value is -4.14. The first kappa shape index (κ1) is 24.2. The lowest BCUT2D eigenvalue weighted by Gasteiger charge is -2.38. The quantitative estimate of drug-likeness (QED) is 0.490. The van der Waals surface area contributed by atoms with Crippen LogP contribution in [0.2, 0.25) is 0 Å². The number of allylic oxidation sites excluding steroid dienone is 5. The zero-order valence-corrected chi connectivity index (χ0v) is 21.1. The van der Waals surface area contributed by atoms with Crippen LogP contribution in [0.4, 0.5) is 16.0 Å². The van der Waals surface area contributed by atoms with Gasteiger partial charge in [0.05, 0.1) is 5.69 Å². The van der Waals surface area contributed by atoms with E-state index >= 15 is 0 Å². The molecule has 0 spiro atoms. The molecule has 9 heteroatoms. The Morgan fingerprint density at radius 1 is 1.11 bits per heavy atom. The van der Waals surface area contributed by atoms with Crippen molar-refractivity contribution in [3.8, 4) is 0 Å². The number of aromatic nitrogens is 2. The molecule has 3 aliphatic rings. The highest BCUT2D eigenvalue weighted by molar-refractivity contribution is 6.69. The topological polar surface area (TPSA) is 96.5 Å². The van der Waals surface area contributed by atoms with Crippen LogP contribution in [0.3, 0.4) is 0 Å². The summed E-state index contributed by atoms with van der Waals surface area (Å²) < 4.78 is 14.7. The number of benzene rings is 2. The molecule has 0 unspecified atom stereocenters. The van der Waals surface area contributed by atoms with E-state index in [2.05, 4.69) is 15.3 Å². The SMILES string of the molecule is NCC1CN(C(=O)c2ccc(Nc3ncc4c(n3)C3=CN=C(Cl)C=C(c5ccccc5F)C3=CC4)cc2)C1. The number of hydrogen-bond acceptors (Lipinski definition) is 6. The summed E-state index contributed by atoms with van der Waals surface area (Å²) >= 11 is 6.33. The first-order chi connectivity index (χ1) is 18.5. The number of halogens is 2. The summed E-state index contributed by atoms with van der Waals surface area (Å²) in [6.45, 7) is 2.00. The monoisotopic (exact) mass is 526 g/mol. The van der Waals surface area contributed by atoms with Gasteiger partial charge < -0.3 is 16.0 Å². The first-order valence-electron chi connectivity index (χ1n) is 12.3. The summed E-state index contributed by atoms with van der Waals surface area (Å²) in [5.74, 6) is 0.453. The Bertz CT molecular complexity index is 1550. The van der Waals surface area contributed by atoms with Gasteiger partial charge in [0.25, 0.3) is 5.91 Å². The zero-order valence-electron chi connectivity index (χ0n) is 20.4. The van der Waals surface area contributed by atoms with E-state index in [1.165, 1.54) is 6.07 Å². The molecule has 38 heavy (non-hydrogen) atoms. The van der Waals surface area contributed by atoms with Gasteiger partial charge in [0.2, 0.25) is 5.95 Å². The molecule has 190 valence electrons. The van der Waals surface area contributed by atoms with Gasteiger partial charge in [-0.2, -0.15) is 0 Å². The van der Waals surface area contributed by atoms with Crippen LogP contribution in [0.1, 0.15) is 27.2 Å². The lowest BCUT2D eigenvalue weighted by Crippen LogP contribution is -2.52. The molecule has 1 fully saturated rings. The molecule has 1 aromatic heterocycles. The molecule has 1 saturated heterocycles. The third kappa shape index (κ3) is 4.53. The standard InChI is InChI=1S/C29H24ClFN6O/c30-26-11-23(22-3-1-2-4-25(22)31)21-10-7-19-13-34-29(36-27(19)24(21)14-33-26)35-20-8-5-18(6-9-20)28(38)37-15-17(12-32)16-37/h1-6,8-11,13-14,17H,7,12,15-16,32H2,(H,34,35,36). The number of rotatable bonds is 5. The fourth-order valence-electron chi connectivity index (χ4n) is 4.84. The summed E-state index contributed by atoms with van der Waals surface area (Å²) in [5.41, 5.74) is 11.3. The van der Waals surface area contributed by atoms with Gasteiger partial charge in [0.1, 0.15) is 11.0 Å². The van der Waals surface area contributed by atoms with Crippen LogP contribution >= 0.6 is 11.6 Å². The Labute approximate surface area is 224 Å². The molecule has 7 nitrogen and oxygen atoms in total. The highest BCUT2D eigenvalue weighted by Gasteiger charge is 2.30. The number of hydrogen-bond donors (Lipinski definition) is 2. The number of nitrogens with two attached hydrogens (primary N) is 1. The third-order valence-corrected chi connectivity index (χ3v) is 7.14. The Morgan fingerprint density at radius 2 is 1.89 bits per heavy atom. The number of carbonyl (C=O) groups excluding carboxylic acids is 1. The maximum Gasteiger partial charge on any atom is 0.253 e. The first-order valence-corrected chi connectivity index (χ1v) is 12.7. The number of carbonyl (C=O) groups is 1. The van der Waals surface area contributed by atoms with Crippen molar-refractivity contribution in [2.24, 2.45) is 16.6 Å². The minimum atomic E-state index is -0.337. The predicted octanol–water partition coefficient (Wildman–Crippen LogP) is 4.95. The second-order valence-corrected chi connectivity index (χ2v) is 9.82. The van der Waals surface area contributed by atoms with Gasteiger partial charge in [-0.15, -0.1) is 0 Å². The minimum absolute atomic E-state index is 0.00354. The number of likely N-dealkylation sites (tertiary alicyclic amines) is 1. The molecule has 3 heterocycles. The second kappa shape index (κ2) is 9.96. The molecule has 2 aliphatic heterocycles. The molecule has 0 radical (unpaired) electrons. The highest BCUT2D eigenvalue weighted by Crippen LogP contribution is 2.41. The molecule has 0 atom stereocenters. The largest absolute Gasteiger partial charge is 0.338 e. The van der Waals surface area contributed by atoms with Crippen molar-refractivity contribution in [3.63, 3.8) is 0 Å². The van der Waals surface area contributed by atoms with E-state index in [0.29, 0.717) is 60.3 Å². The summed E-state index contributed by atoms with van der Waals surface area (Å²) in [6.07, 6.45) is 7.73. The zero-order chi connectivity index (χ0) is 26.2. The lowest BCUT2D eigenvalue weighted by atomic mass is 9.85. The summed E-state index contributed by atoms with van der Waals surface area (Å²) in [7, 11) is 0. The van der Waals surface area contributed by atoms with Gasteiger partial charge in [0, 0.05) is 59.4 Å². The number of nitrogens with zero attached hydrogens (tertiary/aromatic N) is 4. The van der Waals surface area contributed by atoms with Crippen molar-refractivity contribution in [1.29, 1.82) is 0 Å². The molecule has 3 N–H and O–H groups in total. The number of amides is 1. The van der Waals surface area contributed by atoms with Crippen molar-refractivity contribution in [2.45, 2.75) is 6.42 Å². The van der Waals surface area contributed by atoms with Gasteiger partial charge in [-0.1, -0.05) is 35.9 Å². The molecular formula is C29H24ClFN6O. The van der Waals surface area contributed by atoms with E-state index < -0.39 is 0 Å². The molecule has 1 aliphatic carbocycles. The molecular weight excluding hydrogens is 503 g/mol. The van der Waals surface area contributed by atoms with Crippen LogP contribution in [0.5, 0.6) is 0 Å². The van der Waals surface area contributed by atoms with E-state index in [-0.39, 0.29) is 16.9 Å². The van der Waals surface area contributed by atoms with Crippen LogP contribution in [0.25, 0.3) is 11.1 Å². The summed E-state index contributed by atoms with van der Waals surface area (Å²) in [5, 5.41) is 3.47. The van der Waals surface area contributed by atoms with Crippen molar-refractivity contribution < 1.29 is 9.18 Å². The Balaban J connectivity index is 1.25. The number of aliphatic imine (C=N–C) groups is 1. The molecule has 2 aromatic carbocycles. The van der Waals surface area contributed by atoms with E-state index in [4.69, 9.17) is 22.3 Å². The van der Waals surface area contributed by atoms with Crippen LogP contribution in [0.15, 0.2) is 83.6 Å². The van der Waals surface area contributed by atoms with Crippen LogP contribution in [-0.2, 0) is 6.42 Å². The van der Waals surface area contributed by atoms with Crippen LogP contribution < -0.4 is 11.1 Å². The van der Waals surface area contributed by atoms with Gasteiger partial charge in [-0.05, 0) is 60.5 Å². The maximum absolute atomic E-state index is 14.7. The van der Waals surface area contributed by atoms with Crippen molar-refractivity contribution in [1.82, 2.24) is 14.9 Å². The Morgan fingerprint density at radius 3 is 2.66 bits per heavy atom. The fourth-order valence-corrected chi connectivity index (χ4v) is 5.00. The summed E-state index contributed by atoms with van der Waals surface area (Å²) in [6, 6.07) is 13.8. The molecule has 1 amide bonds. The lowest BCUT2D eigenvalue weighted by molar-refractivity contribution is 0.0515. The molecule has 3 aromatic rings. The summed E-state index contributed by atoms with van der Waals surface area (Å²) in [4.78, 5) is 28.0. The normalized spacial score (nSPS) is 16.7. The minimum Gasteiger partial charge on any atom is -0.338 e. The Kier molecular flexibility index (Phi) is 6.35. The fraction of sp³-hybridized carbons (Fsp3) is 0.172. The molecule has 0 bridgehead atoms. The van der Waals surface area contributed by atoms with E-state index in [0.717, 1.165) is 22.4 Å².